The molecule has 0 saturated carbocycles. The molecule has 0 saturated heterocycles. The van der Waals surface area contributed by atoms with E-state index in [1.165, 1.54) is 17.5 Å². The second kappa shape index (κ2) is 8.33. The Morgan fingerprint density at radius 1 is 1.10 bits per heavy atom. The van der Waals surface area contributed by atoms with Crippen LogP contribution in [0.4, 0.5) is 0 Å². The highest BCUT2D eigenvalue weighted by Crippen LogP contribution is 2.23. The molecule has 1 atom stereocenters. The van der Waals surface area contributed by atoms with Crippen LogP contribution in [0.5, 0.6) is 0 Å². The van der Waals surface area contributed by atoms with Crippen LogP contribution >= 0.6 is 12.2 Å². The van der Waals surface area contributed by atoms with E-state index in [-0.39, 0.29) is 6.04 Å². The zero-order valence-corrected chi connectivity index (χ0v) is 18.4. The first-order valence-electron chi connectivity index (χ1n) is 9.80. The summed E-state index contributed by atoms with van der Waals surface area (Å²) in [7, 11) is 4.06. The average molecular weight is 420 g/mol. The molecule has 7 nitrogen and oxygen atoms in total. The minimum absolute atomic E-state index is 0.195. The molecule has 0 aliphatic rings. The molecule has 0 bridgehead atoms. The summed E-state index contributed by atoms with van der Waals surface area (Å²) >= 11 is 5.66. The highest BCUT2D eigenvalue weighted by molar-refractivity contribution is 7.71. The van der Waals surface area contributed by atoms with Gasteiger partial charge in [-0.3, -0.25) is 4.90 Å². The molecular formula is C22H25N7S. The van der Waals surface area contributed by atoms with E-state index in [1.807, 2.05) is 28.4 Å². The summed E-state index contributed by atoms with van der Waals surface area (Å²) in [5, 5.41) is 8.99. The Balaban J connectivity index is 1.54. The monoisotopic (exact) mass is 419 g/mol. The Morgan fingerprint density at radius 3 is 2.50 bits per heavy atom. The van der Waals surface area contributed by atoms with Crippen molar-refractivity contribution in [2.75, 3.05) is 7.05 Å². The maximum absolute atomic E-state index is 5.66. The zero-order chi connectivity index (χ0) is 21.3. The van der Waals surface area contributed by atoms with Gasteiger partial charge in [0.05, 0.1) is 12.4 Å². The molecule has 0 radical (unpaired) electrons. The van der Waals surface area contributed by atoms with Gasteiger partial charge in [-0.1, -0.05) is 36.4 Å². The van der Waals surface area contributed by atoms with Gasteiger partial charge >= 0.3 is 0 Å². The predicted octanol–water partition coefficient (Wildman–Crippen LogP) is 4.16. The molecular weight excluding hydrogens is 394 g/mol. The van der Waals surface area contributed by atoms with Crippen molar-refractivity contribution in [2.24, 2.45) is 7.05 Å². The van der Waals surface area contributed by atoms with Gasteiger partial charge in [0.2, 0.25) is 0 Å². The lowest BCUT2D eigenvalue weighted by molar-refractivity contribution is 0.194. The summed E-state index contributed by atoms with van der Waals surface area (Å²) in [6.45, 7) is 4.87. The van der Waals surface area contributed by atoms with Crippen LogP contribution in [0.25, 0.3) is 17.1 Å². The van der Waals surface area contributed by atoms with Gasteiger partial charge < -0.3 is 4.57 Å². The Kier molecular flexibility index (Phi) is 5.61. The maximum atomic E-state index is 5.66. The minimum atomic E-state index is 0.195. The summed E-state index contributed by atoms with van der Waals surface area (Å²) < 4.78 is 6.31. The lowest BCUT2D eigenvalue weighted by Gasteiger charge is -2.25. The predicted molar refractivity (Wildman–Crippen MR) is 120 cm³/mol. The average Bonchev–Trinajstić information content (AvgIpc) is 3.39. The summed E-state index contributed by atoms with van der Waals surface area (Å²) in [5.41, 5.74) is 4.48. The molecule has 0 aliphatic heterocycles. The van der Waals surface area contributed by atoms with E-state index in [9.17, 15) is 0 Å². The molecule has 0 aliphatic carbocycles. The van der Waals surface area contributed by atoms with Crippen molar-refractivity contribution in [1.29, 1.82) is 0 Å². The largest absolute Gasteiger partial charge is 0.303 e. The van der Waals surface area contributed by atoms with Crippen LogP contribution < -0.4 is 0 Å². The van der Waals surface area contributed by atoms with Crippen LogP contribution in [0.2, 0.25) is 0 Å². The second-order valence-corrected chi connectivity index (χ2v) is 7.85. The fourth-order valence-electron chi connectivity index (χ4n) is 3.47. The Morgan fingerprint density at radius 2 is 1.83 bits per heavy atom. The Labute approximate surface area is 181 Å². The number of benzene rings is 2. The number of rotatable bonds is 6. The molecule has 4 aromatic rings. The minimum Gasteiger partial charge on any atom is -0.303 e. The van der Waals surface area contributed by atoms with Crippen LogP contribution in [0, 0.1) is 11.7 Å². The zero-order valence-electron chi connectivity index (χ0n) is 17.6. The first kappa shape index (κ1) is 20.2. The summed E-state index contributed by atoms with van der Waals surface area (Å²) in [5.74, 6) is 0.885. The topological polar surface area (TPSA) is 56.7 Å². The van der Waals surface area contributed by atoms with Gasteiger partial charge in [0.25, 0.3) is 0 Å². The fourth-order valence-corrected chi connectivity index (χ4v) is 3.66. The van der Waals surface area contributed by atoms with E-state index >= 15 is 0 Å². The molecule has 30 heavy (non-hydrogen) atoms. The van der Waals surface area contributed by atoms with Gasteiger partial charge in [0.15, 0.2) is 10.6 Å². The van der Waals surface area contributed by atoms with Gasteiger partial charge in [0, 0.05) is 18.7 Å². The third-order valence-corrected chi connectivity index (χ3v) is 5.99. The van der Waals surface area contributed by atoms with Crippen molar-refractivity contribution in [1.82, 2.24) is 34.0 Å². The third kappa shape index (κ3) is 3.83. The smallest absolute Gasteiger partial charge is 0.199 e. The molecule has 2 heterocycles. The van der Waals surface area contributed by atoms with Crippen LogP contribution in [-0.4, -0.2) is 41.1 Å². The fraction of sp³-hybridized carbons (Fsp3) is 0.273. The van der Waals surface area contributed by atoms with E-state index in [4.69, 9.17) is 17.3 Å². The third-order valence-electron chi connectivity index (χ3n) is 5.50. The lowest BCUT2D eigenvalue weighted by Crippen LogP contribution is -2.26. The van der Waals surface area contributed by atoms with Crippen molar-refractivity contribution in [3.8, 4) is 17.1 Å². The van der Waals surface area contributed by atoms with E-state index in [1.54, 1.807) is 11.0 Å². The molecule has 0 N–H and O–H groups in total. The summed E-state index contributed by atoms with van der Waals surface area (Å²) in [6.07, 6.45) is 3.23. The Hall–Kier alpha value is -3.10. The van der Waals surface area contributed by atoms with Crippen LogP contribution in [0.15, 0.2) is 61.2 Å². The van der Waals surface area contributed by atoms with E-state index in [2.05, 4.69) is 72.3 Å². The standard InChI is InChI=1S/C22H25N7S/c1-16-7-5-6-8-20(16)21-25-29(22(30)27(21)4)15-26(3)17(2)18-9-11-19(12-10-18)28-14-23-13-24-28/h5-14,17H,15H2,1-4H3/t17-/m0/s1. The van der Waals surface area contributed by atoms with E-state index in [0.29, 0.717) is 11.4 Å². The second-order valence-electron chi connectivity index (χ2n) is 7.49. The van der Waals surface area contributed by atoms with Crippen LogP contribution in [0.3, 0.4) is 0 Å². The van der Waals surface area contributed by atoms with Crippen molar-refractivity contribution in [3.63, 3.8) is 0 Å². The molecule has 8 heteroatoms. The highest BCUT2D eigenvalue weighted by Gasteiger charge is 2.16. The van der Waals surface area contributed by atoms with Gasteiger partial charge in [0.1, 0.15) is 12.7 Å². The number of hydrogen-bond acceptors (Lipinski definition) is 5. The first-order chi connectivity index (χ1) is 14.5. The molecule has 0 spiro atoms. The van der Waals surface area contributed by atoms with Crippen molar-refractivity contribution in [3.05, 3.63) is 77.1 Å². The highest BCUT2D eigenvalue weighted by atomic mass is 32.1. The quantitative estimate of drug-likeness (QED) is 0.439. The van der Waals surface area contributed by atoms with Crippen LogP contribution in [0.1, 0.15) is 24.1 Å². The molecule has 2 aromatic heterocycles. The number of aromatic nitrogens is 6. The molecule has 0 unspecified atom stereocenters. The molecule has 154 valence electrons. The maximum Gasteiger partial charge on any atom is 0.199 e. The Bertz CT molecular complexity index is 1190. The lowest BCUT2D eigenvalue weighted by atomic mass is 10.1. The van der Waals surface area contributed by atoms with Gasteiger partial charge in [-0.2, -0.15) is 10.2 Å². The number of nitrogens with zero attached hydrogens (tertiary/aromatic N) is 7. The summed E-state index contributed by atoms with van der Waals surface area (Å²) in [6, 6.07) is 16.8. The normalized spacial score (nSPS) is 12.4. The molecule has 0 amide bonds. The van der Waals surface area contributed by atoms with Crippen molar-refractivity contribution in [2.45, 2.75) is 26.6 Å². The SMILES string of the molecule is Cc1ccccc1-c1nn(CN(C)[C@@H](C)c2ccc(-n3cncn3)cc2)c(=S)n1C. The molecule has 0 fully saturated rings. The molecule has 2 aromatic carbocycles. The van der Waals surface area contributed by atoms with Crippen LogP contribution in [-0.2, 0) is 13.7 Å². The van der Waals surface area contributed by atoms with Gasteiger partial charge in [-0.05, 0) is 56.4 Å². The van der Waals surface area contributed by atoms with Gasteiger partial charge in [-0.25, -0.2) is 14.3 Å². The molecule has 4 rings (SSSR count). The van der Waals surface area contributed by atoms with E-state index in [0.717, 1.165) is 17.1 Å². The number of hydrogen-bond donors (Lipinski definition) is 0. The van der Waals surface area contributed by atoms with Crippen molar-refractivity contribution >= 4 is 12.2 Å². The first-order valence-corrected chi connectivity index (χ1v) is 10.2. The summed E-state index contributed by atoms with van der Waals surface area (Å²) in [4.78, 5) is 6.23. The number of aryl methyl sites for hydroxylation is 1. The van der Waals surface area contributed by atoms with Gasteiger partial charge in [-0.15, -0.1) is 0 Å². The van der Waals surface area contributed by atoms with Crippen molar-refractivity contribution < 1.29 is 0 Å². The van der Waals surface area contributed by atoms with E-state index < -0.39 is 0 Å².